The Labute approximate surface area is 111 Å². The molecule has 0 heterocycles. The molecule has 0 saturated heterocycles. The first-order valence-corrected chi connectivity index (χ1v) is 7.19. The summed E-state index contributed by atoms with van der Waals surface area (Å²) in [5, 5.41) is 0. The minimum absolute atomic E-state index is 0.128. The van der Waals surface area contributed by atoms with Crippen molar-refractivity contribution in [2.75, 3.05) is 6.61 Å². The van der Waals surface area contributed by atoms with E-state index in [4.69, 9.17) is 10.5 Å². The molecule has 1 aliphatic rings. The molecule has 3 atom stereocenters. The summed E-state index contributed by atoms with van der Waals surface area (Å²) in [6, 6.07) is 8.38. The number of benzene rings is 1. The van der Waals surface area contributed by atoms with Crippen molar-refractivity contribution in [1.82, 2.24) is 0 Å². The zero-order valence-electron chi connectivity index (χ0n) is 11.6. The van der Waals surface area contributed by atoms with Gasteiger partial charge in [0.2, 0.25) is 0 Å². The van der Waals surface area contributed by atoms with Gasteiger partial charge in [-0.15, -0.1) is 0 Å². The van der Waals surface area contributed by atoms with E-state index in [2.05, 4.69) is 26.0 Å². The Morgan fingerprint density at radius 2 is 2.11 bits per heavy atom. The molecule has 1 fully saturated rings. The second-order valence-corrected chi connectivity index (χ2v) is 5.59. The molecule has 100 valence electrons. The summed E-state index contributed by atoms with van der Waals surface area (Å²) in [6.07, 6.45) is 4.86. The lowest BCUT2D eigenvalue weighted by Gasteiger charge is -2.22. The van der Waals surface area contributed by atoms with Crippen molar-refractivity contribution in [2.24, 2.45) is 17.6 Å². The van der Waals surface area contributed by atoms with Crippen LogP contribution in [-0.2, 0) is 0 Å². The van der Waals surface area contributed by atoms with Gasteiger partial charge in [-0.25, -0.2) is 0 Å². The van der Waals surface area contributed by atoms with Crippen molar-refractivity contribution in [2.45, 2.75) is 45.6 Å². The maximum Gasteiger partial charge on any atom is 0.124 e. The van der Waals surface area contributed by atoms with Crippen LogP contribution in [0.4, 0.5) is 0 Å². The molecule has 2 heteroatoms. The van der Waals surface area contributed by atoms with Crippen LogP contribution in [0.5, 0.6) is 5.75 Å². The molecule has 18 heavy (non-hydrogen) atoms. The van der Waals surface area contributed by atoms with Crippen LogP contribution in [0.25, 0.3) is 0 Å². The van der Waals surface area contributed by atoms with E-state index >= 15 is 0 Å². The Morgan fingerprint density at radius 1 is 1.33 bits per heavy atom. The fourth-order valence-electron chi connectivity index (χ4n) is 2.93. The Balaban J connectivity index is 2.11. The van der Waals surface area contributed by atoms with Crippen LogP contribution >= 0.6 is 0 Å². The average molecular weight is 247 g/mol. The van der Waals surface area contributed by atoms with Gasteiger partial charge in [0.1, 0.15) is 5.75 Å². The highest BCUT2D eigenvalue weighted by Crippen LogP contribution is 2.39. The Bertz CT molecular complexity index is 377. The number of nitrogens with two attached hydrogens (primary N) is 1. The standard InChI is InChI=1S/C16H25NO/c1-3-10-18-15-7-5-4-6-14(15)16(17)13-9-8-12(2)11-13/h4-7,12-13,16H,3,8-11,17H2,1-2H3. The molecule has 2 nitrogen and oxygen atoms in total. The zero-order chi connectivity index (χ0) is 13.0. The Kier molecular flexibility index (Phi) is 4.65. The van der Waals surface area contributed by atoms with E-state index in [1.165, 1.54) is 24.8 Å². The van der Waals surface area contributed by atoms with Crippen LogP contribution in [-0.4, -0.2) is 6.61 Å². The molecule has 1 aromatic carbocycles. The lowest BCUT2D eigenvalue weighted by Crippen LogP contribution is -2.20. The zero-order valence-corrected chi connectivity index (χ0v) is 11.6. The summed E-state index contributed by atoms with van der Waals surface area (Å²) < 4.78 is 5.81. The van der Waals surface area contributed by atoms with Gasteiger partial charge in [0.05, 0.1) is 6.61 Å². The SMILES string of the molecule is CCCOc1ccccc1C(N)C1CCC(C)C1. The maximum absolute atomic E-state index is 6.46. The number of para-hydroxylation sites is 1. The first-order valence-electron chi connectivity index (χ1n) is 7.19. The molecule has 0 spiro atoms. The van der Waals surface area contributed by atoms with Gasteiger partial charge in [0.25, 0.3) is 0 Å². The van der Waals surface area contributed by atoms with E-state index in [0.29, 0.717) is 5.92 Å². The van der Waals surface area contributed by atoms with Gasteiger partial charge in [0, 0.05) is 11.6 Å². The van der Waals surface area contributed by atoms with Gasteiger partial charge in [-0.1, -0.05) is 38.5 Å². The molecule has 2 N–H and O–H groups in total. The second kappa shape index (κ2) is 6.24. The molecule has 0 bridgehead atoms. The minimum Gasteiger partial charge on any atom is -0.493 e. The summed E-state index contributed by atoms with van der Waals surface area (Å²) in [7, 11) is 0. The molecule has 3 unspecified atom stereocenters. The molecule has 0 aromatic heterocycles. The van der Waals surface area contributed by atoms with E-state index in [1.807, 2.05) is 12.1 Å². The van der Waals surface area contributed by atoms with E-state index in [1.54, 1.807) is 0 Å². The third kappa shape index (κ3) is 3.05. The van der Waals surface area contributed by atoms with Crippen molar-refractivity contribution in [3.05, 3.63) is 29.8 Å². The molecule has 0 amide bonds. The van der Waals surface area contributed by atoms with Gasteiger partial charge >= 0.3 is 0 Å². The highest BCUT2D eigenvalue weighted by atomic mass is 16.5. The first-order chi connectivity index (χ1) is 8.72. The summed E-state index contributed by atoms with van der Waals surface area (Å²) in [6.45, 7) is 5.22. The maximum atomic E-state index is 6.46. The predicted octanol–water partition coefficient (Wildman–Crippen LogP) is 3.91. The van der Waals surface area contributed by atoms with E-state index in [9.17, 15) is 0 Å². The molecular formula is C16H25NO. The second-order valence-electron chi connectivity index (χ2n) is 5.59. The van der Waals surface area contributed by atoms with E-state index < -0.39 is 0 Å². The number of rotatable bonds is 5. The lowest BCUT2D eigenvalue weighted by atomic mass is 9.91. The van der Waals surface area contributed by atoms with Crippen LogP contribution in [0.15, 0.2) is 24.3 Å². The highest BCUT2D eigenvalue weighted by Gasteiger charge is 2.28. The summed E-state index contributed by atoms with van der Waals surface area (Å²) in [5.41, 5.74) is 7.64. The third-order valence-corrected chi connectivity index (χ3v) is 3.98. The predicted molar refractivity (Wildman–Crippen MR) is 75.7 cm³/mol. The minimum atomic E-state index is 0.128. The Hall–Kier alpha value is -1.02. The molecule has 1 saturated carbocycles. The van der Waals surface area contributed by atoms with Crippen molar-refractivity contribution in [1.29, 1.82) is 0 Å². The van der Waals surface area contributed by atoms with Crippen molar-refractivity contribution in [3.63, 3.8) is 0 Å². The van der Waals surface area contributed by atoms with Gasteiger partial charge in [0.15, 0.2) is 0 Å². The largest absolute Gasteiger partial charge is 0.493 e. The molecule has 2 rings (SSSR count). The topological polar surface area (TPSA) is 35.2 Å². The molecule has 0 aliphatic heterocycles. The van der Waals surface area contributed by atoms with Crippen LogP contribution in [0.1, 0.15) is 51.1 Å². The highest BCUT2D eigenvalue weighted by molar-refractivity contribution is 5.36. The lowest BCUT2D eigenvalue weighted by molar-refractivity contribution is 0.306. The number of hydrogen-bond donors (Lipinski definition) is 1. The van der Waals surface area contributed by atoms with E-state index in [0.717, 1.165) is 24.7 Å². The molecule has 1 aromatic rings. The van der Waals surface area contributed by atoms with Crippen LogP contribution in [0, 0.1) is 11.8 Å². The fraction of sp³-hybridized carbons (Fsp3) is 0.625. The van der Waals surface area contributed by atoms with Gasteiger partial charge in [-0.3, -0.25) is 0 Å². The van der Waals surface area contributed by atoms with Crippen LogP contribution in [0.2, 0.25) is 0 Å². The molecule has 1 aliphatic carbocycles. The van der Waals surface area contributed by atoms with Crippen LogP contribution < -0.4 is 10.5 Å². The number of ether oxygens (including phenoxy) is 1. The summed E-state index contributed by atoms with van der Waals surface area (Å²) in [5.74, 6) is 2.42. The van der Waals surface area contributed by atoms with Crippen molar-refractivity contribution < 1.29 is 4.74 Å². The van der Waals surface area contributed by atoms with Crippen LogP contribution in [0.3, 0.4) is 0 Å². The summed E-state index contributed by atoms with van der Waals surface area (Å²) in [4.78, 5) is 0. The monoisotopic (exact) mass is 247 g/mol. The van der Waals surface area contributed by atoms with Crippen molar-refractivity contribution in [3.8, 4) is 5.75 Å². The normalized spacial score (nSPS) is 25.1. The van der Waals surface area contributed by atoms with Gasteiger partial charge < -0.3 is 10.5 Å². The van der Waals surface area contributed by atoms with Gasteiger partial charge in [-0.2, -0.15) is 0 Å². The first kappa shape index (κ1) is 13.4. The molecule has 0 radical (unpaired) electrons. The smallest absolute Gasteiger partial charge is 0.124 e. The van der Waals surface area contributed by atoms with Crippen molar-refractivity contribution >= 4 is 0 Å². The Morgan fingerprint density at radius 3 is 2.78 bits per heavy atom. The molecular weight excluding hydrogens is 222 g/mol. The average Bonchev–Trinajstić information content (AvgIpc) is 2.82. The third-order valence-electron chi connectivity index (χ3n) is 3.98. The van der Waals surface area contributed by atoms with Gasteiger partial charge in [-0.05, 0) is 37.2 Å². The fourth-order valence-corrected chi connectivity index (χ4v) is 2.93. The van der Waals surface area contributed by atoms with E-state index in [-0.39, 0.29) is 6.04 Å². The summed E-state index contributed by atoms with van der Waals surface area (Å²) >= 11 is 0. The quantitative estimate of drug-likeness (QED) is 0.856. The number of hydrogen-bond acceptors (Lipinski definition) is 2.